The van der Waals surface area contributed by atoms with Crippen LogP contribution >= 0.6 is 0 Å². The number of carbonyl (C=O) groups is 1. The van der Waals surface area contributed by atoms with Crippen LogP contribution in [0.25, 0.3) is 27.6 Å². The first-order valence-electron chi connectivity index (χ1n) is 6.46. The number of esters is 1. The van der Waals surface area contributed by atoms with Gasteiger partial charge in [0.25, 0.3) is 0 Å². The van der Waals surface area contributed by atoms with E-state index in [1.54, 1.807) is 6.08 Å². The Labute approximate surface area is 117 Å². The van der Waals surface area contributed by atoms with Crippen molar-refractivity contribution in [1.82, 2.24) is 0 Å². The summed E-state index contributed by atoms with van der Waals surface area (Å²) in [6.45, 7) is 0. The highest BCUT2D eigenvalue weighted by atomic mass is 16.5. The van der Waals surface area contributed by atoms with Gasteiger partial charge < -0.3 is 4.74 Å². The molecule has 3 rings (SSSR count). The quantitative estimate of drug-likeness (QED) is 0.393. The van der Waals surface area contributed by atoms with Gasteiger partial charge in [-0.25, -0.2) is 4.79 Å². The fourth-order valence-electron chi connectivity index (χ4n) is 2.45. The lowest BCUT2D eigenvalue weighted by molar-refractivity contribution is -0.134. The summed E-state index contributed by atoms with van der Waals surface area (Å²) in [6, 6.07) is 18.6. The van der Waals surface area contributed by atoms with Gasteiger partial charge in [-0.3, -0.25) is 0 Å². The lowest BCUT2D eigenvalue weighted by atomic mass is 9.97. The van der Waals surface area contributed by atoms with Crippen molar-refractivity contribution in [1.29, 1.82) is 0 Å². The van der Waals surface area contributed by atoms with E-state index < -0.39 is 0 Å². The minimum Gasteiger partial charge on any atom is -0.466 e. The van der Waals surface area contributed by atoms with E-state index in [-0.39, 0.29) is 5.97 Å². The molecule has 98 valence electrons. The first kappa shape index (κ1) is 12.4. The van der Waals surface area contributed by atoms with Crippen molar-refractivity contribution >= 4 is 33.6 Å². The van der Waals surface area contributed by atoms with E-state index in [2.05, 4.69) is 35.1 Å². The summed E-state index contributed by atoms with van der Waals surface area (Å²) in [5, 5.41) is 4.70. The molecule has 0 unspecified atom stereocenters. The Hall–Kier alpha value is -2.61. The van der Waals surface area contributed by atoms with Gasteiger partial charge in [-0.2, -0.15) is 0 Å². The van der Waals surface area contributed by atoms with E-state index >= 15 is 0 Å². The zero-order valence-corrected chi connectivity index (χ0v) is 11.2. The average Bonchev–Trinajstić information content (AvgIpc) is 2.52. The first-order chi connectivity index (χ1) is 9.79. The van der Waals surface area contributed by atoms with Gasteiger partial charge in [0.1, 0.15) is 0 Å². The van der Waals surface area contributed by atoms with Gasteiger partial charge in [-0.15, -0.1) is 0 Å². The Balaban J connectivity index is 2.29. The molecule has 3 aromatic rings. The molecule has 2 heteroatoms. The van der Waals surface area contributed by atoms with Crippen molar-refractivity contribution in [2.45, 2.75) is 0 Å². The number of fused-ring (bicyclic) bond motifs is 3. The van der Waals surface area contributed by atoms with E-state index in [1.165, 1.54) is 24.0 Å². The number of carbonyl (C=O) groups excluding carboxylic acids is 1. The zero-order chi connectivity index (χ0) is 13.9. The van der Waals surface area contributed by atoms with E-state index in [0.29, 0.717) is 0 Å². The smallest absolute Gasteiger partial charge is 0.330 e. The second kappa shape index (κ2) is 5.17. The third-order valence-electron chi connectivity index (χ3n) is 3.40. The summed E-state index contributed by atoms with van der Waals surface area (Å²) in [4.78, 5) is 11.3. The van der Waals surface area contributed by atoms with Gasteiger partial charge in [0.05, 0.1) is 7.11 Å². The van der Waals surface area contributed by atoms with Gasteiger partial charge in [-0.05, 0) is 39.3 Å². The molecule has 0 saturated carbocycles. The minimum atomic E-state index is -0.345. The molecular formula is C18H14O2. The predicted octanol–water partition coefficient (Wildman–Crippen LogP) is 4.18. The van der Waals surface area contributed by atoms with Crippen LogP contribution in [0.15, 0.2) is 60.7 Å². The number of hydrogen-bond acceptors (Lipinski definition) is 2. The summed E-state index contributed by atoms with van der Waals surface area (Å²) < 4.78 is 4.65. The largest absolute Gasteiger partial charge is 0.466 e. The number of methoxy groups -OCH3 is 1. The Morgan fingerprint density at radius 3 is 2.35 bits per heavy atom. The molecule has 0 aromatic heterocycles. The first-order valence-corrected chi connectivity index (χ1v) is 6.46. The van der Waals surface area contributed by atoms with Gasteiger partial charge in [0.2, 0.25) is 0 Å². The van der Waals surface area contributed by atoms with Crippen molar-refractivity contribution in [2.24, 2.45) is 0 Å². The topological polar surface area (TPSA) is 26.3 Å². The van der Waals surface area contributed by atoms with Crippen LogP contribution in [0.3, 0.4) is 0 Å². The zero-order valence-electron chi connectivity index (χ0n) is 11.2. The fourth-order valence-corrected chi connectivity index (χ4v) is 2.45. The molecule has 0 spiro atoms. The van der Waals surface area contributed by atoms with Crippen LogP contribution in [0, 0.1) is 0 Å². The normalized spacial score (nSPS) is 11.2. The van der Waals surface area contributed by atoms with E-state index in [4.69, 9.17) is 0 Å². The van der Waals surface area contributed by atoms with Crippen molar-refractivity contribution in [3.8, 4) is 0 Å². The number of benzene rings is 3. The molecule has 0 fully saturated rings. The lowest BCUT2D eigenvalue weighted by Gasteiger charge is -2.07. The molecule has 20 heavy (non-hydrogen) atoms. The summed E-state index contributed by atoms with van der Waals surface area (Å²) >= 11 is 0. The summed E-state index contributed by atoms with van der Waals surface area (Å²) in [5.41, 5.74) is 1.02. The molecular weight excluding hydrogens is 248 g/mol. The van der Waals surface area contributed by atoms with Crippen LogP contribution in [0.4, 0.5) is 0 Å². The Morgan fingerprint density at radius 1 is 0.950 bits per heavy atom. The van der Waals surface area contributed by atoms with Crippen molar-refractivity contribution in [2.75, 3.05) is 7.11 Å². The molecule has 0 heterocycles. The van der Waals surface area contributed by atoms with E-state index in [0.717, 1.165) is 16.3 Å². The Morgan fingerprint density at radius 2 is 1.60 bits per heavy atom. The van der Waals surface area contributed by atoms with Crippen LogP contribution in [-0.4, -0.2) is 13.1 Å². The molecule has 0 atom stereocenters. The molecule has 0 N–H and O–H groups in total. The third kappa shape index (κ3) is 2.16. The van der Waals surface area contributed by atoms with Crippen LogP contribution < -0.4 is 0 Å². The maximum Gasteiger partial charge on any atom is 0.330 e. The fraction of sp³-hybridized carbons (Fsp3) is 0.0556. The maximum absolute atomic E-state index is 11.3. The molecule has 0 amide bonds. The van der Waals surface area contributed by atoms with Crippen LogP contribution in [0.1, 0.15) is 5.56 Å². The highest BCUT2D eigenvalue weighted by Gasteiger charge is 2.04. The Kier molecular flexibility index (Phi) is 3.21. The van der Waals surface area contributed by atoms with Crippen molar-refractivity contribution in [3.05, 3.63) is 66.2 Å². The SMILES string of the molecule is COC(=O)/C=C\c1cc2ccccc2c2ccccc12. The predicted molar refractivity (Wildman–Crippen MR) is 82.5 cm³/mol. The third-order valence-corrected chi connectivity index (χ3v) is 3.40. The number of ether oxygens (including phenoxy) is 1. The van der Waals surface area contributed by atoms with E-state index in [1.807, 2.05) is 24.3 Å². The van der Waals surface area contributed by atoms with Gasteiger partial charge in [-0.1, -0.05) is 48.5 Å². The van der Waals surface area contributed by atoms with Gasteiger partial charge in [0.15, 0.2) is 0 Å². The van der Waals surface area contributed by atoms with Gasteiger partial charge in [0, 0.05) is 6.08 Å². The standard InChI is InChI=1S/C18H14O2/c1-20-18(19)11-10-14-12-13-6-2-3-7-15(13)17-9-5-4-8-16(14)17/h2-12H,1H3/b11-10-. The van der Waals surface area contributed by atoms with Crippen LogP contribution in [0.5, 0.6) is 0 Å². The van der Waals surface area contributed by atoms with E-state index in [9.17, 15) is 4.79 Å². The molecule has 0 radical (unpaired) electrons. The molecule has 0 aliphatic heterocycles. The molecule has 0 saturated heterocycles. The van der Waals surface area contributed by atoms with Crippen molar-refractivity contribution < 1.29 is 9.53 Å². The second-order valence-electron chi connectivity index (χ2n) is 4.59. The molecule has 0 aliphatic rings. The summed E-state index contributed by atoms with van der Waals surface area (Å²) in [5.74, 6) is -0.345. The molecule has 3 aromatic carbocycles. The summed E-state index contributed by atoms with van der Waals surface area (Å²) in [7, 11) is 1.38. The number of rotatable bonds is 2. The van der Waals surface area contributed by atoms with Crippen molar-refractivity contribution in [3.63, 3.8) is 0 Å². The van der Waals surface area contributed by atoms with Crippen LogP contribution in [-0.2, 0) is 9.53 Å². The highest BCUT2D eigenvalue weighted by molar-refractivity contribution is 6.11. The second-order valence-corrected chi connectivity index (χ2v) is 4.59. The monoisotopic (exact) mass is 262 g/mol. The minimum absolute atomic E-state index is 0.345. The lowest BCUT2D eigenvalue weighted by Crippen LogP contribution is -1.93. The molecule has 0 bridgehead atoms. The molecule has 2 nitrogen and oxygen atoms in total. The van der Waals surface area contributed by atoms with Crippen LogP contribution in [0.2, 0.25) is 0 Å². The summed E-state index contributed by atoms with van der Waals surface area (Å²) in [6.07, 6.45) is 3.26. The van der Waals surface area contributed by atoms with Gasteiger partial charge >= 0.3 is 5.97 Å². The average molecular weight is 262 g/mol. The Bertz CT molecular complexity index is 816. The number of hydrogen-bond donors (Lipinski definition) is 0. The molecule has 0 aliphatic carbocycles. The highest BCUT2D eigenvalue weighted by Crippen LogP contribution is 2.29. The maximum atomic E-state index is 11.3.